The number of carboxylic acids is 1. The molecule has 0 aromatic heterocycles. The van der Waals surface area contributed by atoms with Gasteiger partial charge in [-0.15, -0.1) is 0 Å². The molecule has 4 N–H and O–H groups in total. The number of hydrogen-bond donors (Lipinski definition) is 4. The summed E-state index contributed by atoms with van der Waals surface area (Å²) in [5.74, 6) is 2.30. The Morgan fingerprint density at radius 2 is 1.55 bits per heavy atom. The van der Waals surface area contributed by atoms with Crippen LogP contribution in [0, 0.1) is 63.1 Å². The van der Waals surface area contributed by atoms with Crippen LogP contribution >= 0.6 is 0 Å². The summed E-state index contributed by atoms with van der Waals surface area (Å²) in [4.78, 5) is 13.4. The number of hydrogen-bond acceptors (Lipinski definition) is 4. The van der Waals surface area contributed by atoms with Gasteiger partial charge in [0, 0.05) is 13.2 Å². The summed E-state index contributed by atoms with van der Waals surface area (Å²) in [6, 6.07) is 0. The van der Waals surface area contributed by atoms with E-state index < -0.39 is 17.0 Å². The fourth-order valence-electron chi connectivity index (χ4n) is 12.2. The van der Waals surface area contributed by atoms with Crippen molar-refractivity contribution in [2.45, 2.75) is 124 Å². The van der Waals surface area contributed by atoms with Gasteiger partial charge in [0.2, 0.25) is 0 Å². The fourth-order valence-corrected chi connectivity index (χ4v) is 12.2. The van der Waals surface area contributed by atoms with Gasteiger partial charge in [0.15, 0.2) is 0 Å². The highest BCUT2D eigenvalue weighted by Gasteiger charge is 2.82. The standard InChI is InChI=1S/C33H56O5/c1-21(6-7-23(14-19-35)30(4,5)38)24-11-17-33(28(36)37)25(24)12-16-32-20-31(32)15-10-22(13-18-34)29(2,3)26(31)8-9-27(32)33/h21-27,34-35,38H,6-20H2,1-5H3,(H,36,37)/t21-,22+,23-,24-,25-,26+,27-,31-,32+,33+/m1/s1. The van der Waals surface area contributed by atoms with Crippen molar-refractivity contribution in [1.29, 1.82) is 0 Å². The van der Waals surface area contributed by atoms with Crippen molar-refractivity contribution in [3.05, 3.63) is 0 Å². The highest BCUT2D eigenvalue weighted by atomic mass is 16.4. The number of carbonyl (C=O) groups is 1. The van der Waals surface area contributed by atoms with E-state index in [-0.39, 0.29) is 35.9 Å². The Hall–Kier alpha value is -0.650. The van der Waals surface area contributed by atoms with E-state index in [2.05, 4.69) is 20.8 Å². The van der Waals surface area contributed by atoms with E-state index >= 15 is 0 Å². The minimum absolute atomic E-state index is 0.0705. The van der Waals surface area contributed by atoms with Gasteiger partial charge in [-0.2, -0.15) is 0 Å². The molecule has 0 aromatic carbocycles. The normalized spacial score (nSPS) is 44.8. The Morgan fingerprint density at radius 3 is 2.18 bits per heavy atom. The first kappa shape index (κ1) is 28.9. The van der Waals surface area contributed by atoms with Crippen LogP contribution < -0.4 is 0 Å². The van der Waals surface area contributed by atoms with E-state index in [1.165, 1.54) is 25.7 Å². The van der Waals surface area contributed by atoms with Crippen LogP contribution in [0.2, 0.25) is 0 Å². The van der Waals surface area contributed by atoms with Gasteiger partial charge in [0.05, 0.1) is 11.0 Å². The second kappa shape index (κ2) is 9.72. The lowest BCUT2D eigenvalue weighted by molar-refractivity contribution is -0.176. The Morgan fingerprint density at radius 1 is 0.895 bits per heavy atom. The zero-order valence-electron chi connectivity index (χ0n) is 24.8. The number of carboxylic acid groups (broad SMARTS) is 1. The molecule has 5 saturated carbocycles. The van der Waals surface area contributed by atoms with E-state index in [1.54, 1.807) is 0 Å². The zero-order valence-corrected chi connectivity index (χ0v) is 24.8. The SMILES string of the molecule is C[C@H](CC[C@H](CCO)C(C)(C)O)[C@H]1CC[C@]2(C(=O)O)[C@@H]1CC[C@@]13C[C@@]14CC[C@@H](CCO)C(C)(C)[C@@H]4CC[C@@H]23. The summed E-state index contributed by atoms with van der Waals surface area (Å²) >= 11 is 0. The lowest BCUT2D eigenvalue weighted by Gasteiger charge is -2.60. The van der Waals surface area contributed by atoms with Crippen LogP contribution in [0.15, 0.2) is 0 Å². The number of aliphatic carboxylic acids is 1. The van der Waals surface area contributed by atoms with Gasteiger partial charge in [-0.1, -0.05) is 27.2 Å². The molecule has 0 heterocycles. The highest BCUT2D eigenvalue weighted by molar-refractivity contribution is 5.77. The Kier molecular flexibility index (Phi) is 7.39. The maximum absolute atomic E-state index is 13.4. The molecule has 5 fully saturated rings. The van der Waals surface area contributed by atoms with Crippen molar-refractivity contribution >= 4 is 5.97 Å². The number of rotatable bonds is 10. The highest BCUT2D eigenvalue weighted by Crippen LogP contribution is 2.88. The second-order valence-corrected chi connectivity index (χ2v) is 15.9. The van der Waals surface area contributed by atoms with Gasteiger partial charge in [-0.25, -0.2) is 0 Å². The van der Waals surface area contributed by atoms with Crippen LogP contribution in [0.4, 0.5) is 0 Å². The summed E-state index contributed by atoms with van der Waals surface area (Å²) < 4.78 is 0. The van der Waals surface area contributed by atoms with Gasteiger partial charge in [-0.3, -0.25) is 4.79 Å². The van der Waals surface area contributed by atoms with Gasteiger partial charge in [-0.05, 0) is 149 Å². The predicted molar refractivity (Wildman–Crippen MR) is 149 cm³/mol. The first-order valence-corrected chi connectivity index (χ1v) is 16.0. The van der Waals surface area contributed by atoms with Crippen LogP contribution in [0.25, 0.3) is 0 Å². The summed E-state index contributed by atoms with van der Waals surface area (Å²) in [7, 11) is 0. The van der Waals surface area contributed by atoms with Gasteiger partial charge < -0.3 is 20.4 Å². The summed E-state index contributed by atoms with van der Waals surface area (Å²) in [5, 5.41) is 40.9. The van der Waals surface area contributed by atoms with Gasteiger partial charge in [0.25, 0.3) is 0 Å². The van der Waals surface area contributed by atoms with E-state index in [9.17, 15) is 25.2 Å². The number of aliphatic hydroxyl groups excluding tert-OH is 2. The monoisotopic (exact) mass is 532 g/mol. The maximum Gasteiger partial charge on any atom is 0.310 e. The Bertz CT molecular complexity index is 892. The molecule has 5 heteroatoms. The van der Waals surface area contributed by atoms with Crippen LogP contribution in [-0.4, -0.2) is 45.2 Å². The van der Waals surface area contributed by atoms with Crippen molar-refractivity contribution in [2.24, 2.45) is 63.1 Å². The third-order valence-electron chi connectivity index (χ3n) is 14.1. The quantitative estimate of drug-likeness (QED) is 0.265. The van der Waals surface area contributed by atoms with Crippen molar-refractivity contribution in [2.75, 3.05) is 13.2 Å². The van der Waals surface area contributed by atoms with E-state index in [0.717, 1.165) is 51.4 Å². The Labute approximate surface area is 231 Å². The lowest BCUT2D eigenvalue weighted by atomic mass is 9.43. The molecular formula is C33H56O5. The van der Waals surface area contributed by atoms with Gasteiger partial charge in [0.1, 0.15) is 0 Å². The predicted octanol–water partition coefficient (Wildman–Crippen LogP) is 6.28. The smallest absolute Gasteiger partial charge is 0.310 e. The van der Waals surface area contributed by atoms with Crippen LogP contribution in [0.1, 0.15) is 118 Å². The van der Waals surface area contributed by atoms with E-state index in [0.29, 0.717) is 41.4 Å². The zero-order chi connectivity index (χ0) is 27.7. The molecule has 0 amide bonds. The van der Waals surface area contributed by atoms with Crippen LogP contribution in [0.5, 0.6) is 0 Å². The average Bonchev–Trinajstić information content (AvgIpc) is 3.32. The molecule has 0 aliphatic heterocycles. The van der Waals surface area contributed by atoms with Crippen molar-refractivity contribution < 1.29 is 25.2 Å². The van der Waals surface area contributed by atoms with E-state index in [4.69, 9.17) is 0 Å². The molecule has 10 atom stereocenters. The molecular weight excluding hydrogens is 476 g/mol. The molecule has 0 bridgehead atoms. The summed E-state index contributed by atoms with van der Waals surface area (Å²) in [6.45, 7) is 11.3. The lowest BCUT2D eigenvalue weighted by Crippen LogP contribution is -2.57. The number of aliphatic hydroxyl groups is 3. The first-order chi connectivity index (χ1) is 17.8. The second-order valence-electron chi connectivity index (χ2n) is 15.9. The van der Waals surface area contributed by atoms with Crippen molar-refractivity contribution in [3.8, 4) is 0 Å². The molecule has 2 spiro atoms. The van der Waals surface area contributed by atoms with Crippen LogP contribution in [-0.2, 0) is 4.79 Å². The minimum atomic E-state index is -0.803. The van der Waals surface area contributed by atoms with Crippen molar-refractivity contribution in [3.63, 3.8) is 0 Å². The largest absolute Gasteiger partial charge is 0.481 e. The average molecular weight is 533 g/mol. The van der Waals surface area contributed by atoms with Gasteiger partial charge >= 0.3 is 5.97 Å². The van der Waals surface area contributed by atoms with Crippen molar-refractivity contribution in [1.82, 2.24) is 0 Å². The molecule has 38 heavy (non-hydrogen) atoms. The number of fused-ring (bicyclic) bond motifs is 2. The molecule has 218 valence electrons. The minimum Gasteiger partial charge on any atom is -0.481 e. The molecule has 5 aliphatic carbocycles. The molecule has 0 aromatic rings. The molecule has 0 radical (unpaired) electrons. The topological polar surface area (TPSA) is 98.0 Å². The van der Waals surface area contributed by atoms with Crippen LogP contribution in [0.3, 0.4) is 0 Å². The molecule has 0 saturated heterocycles. The molecule has 5 aliphatic rings. The third-order valence-corrected chi connectivity index (χ3v) is 14.1. The summed E-state index contributed by atoms with van der Waals surface area (Å²) in [5.41, 5.74) is -0.563. The first-order valence-electron chi connectivity index (χ1n) is 16.0. The molecule has 5 nitrogen and oxygen atoms in total. The molecule has 0 unspecified atom stereocenters. The Balaban J connectivity index is 1.36. The maximum atomic E-state index is 13.4. The molecule has 5 rings (SSSR count). The third kappa shape index (κ3) is 3.98. The summed E-state index contributed by atoms with van der Waals surface area (Å²) in [6.07, 6.45) is 13.5. The fraction of sp³-hybridized carbons (Fsp3) is 0.970. The van der Waals surface area contributed by atoms with E-state index in [1.807, 2.05) is 13.8 Å².